The van der Waals surface area contributed by atoms with Crippen molar-refractivity contribution < 1.29 is 8.42 Å². The lowest BCUT2D eigenvalue weighted by Crippen LogP contribution is -2.18. The third-order valence-electron chi connectivity index (χ3n) is 3.35. The van der Waals surface area contributed by atoms with Crippen LogP contribution in [0.5, 0.6) is 0 Å². The van der Waals surface area contributed by atoms with Crippen molar-refractivity contribution in [2.45, 2.75) is 18.1 Å². The Morgan fingerprint density at radius 3 is 2.39 bits per heavy atom. The van der Waals surface area contributed by atoms with E-state index in [1.54, 1.807) is 19.1 Å². The summed E-state index contributed by atoms with van der Waals surface area (Å²) in [5.41, 5.74) is 6.57. The normalized spacial score (nSPS) is 26.9. The van der Waals surface area contributed by atoms with Gasteiger partial charge in [-0.2, -0.15) is 0 Å². The molecule has 0 radical (unpaired) electrons. The second kappa shape index (κ2) is 4.79. The van der Waals surface area contributed by atoms with E-state index in [0.717, 1.165) is 5.56 Å². The van der Waals surface area contributed by atoms with Crippen LogP contribution >= 0.6 is 23.8 Å². The van der Waals surface area contributed by atoms with E-state index >= 15 is 0 Å². The molecule has 1 saturated carbocycles. The molecule has 0 saturated heterocycles. The van der Waals surface area contributed by atoms with Crippen LogP contribution in [0, 0.1) is 5.92 Å². The molecule has 2 rings (SSSR count). The predicted molar refractivity (Wildman–Crippen MR) is 77.7 cm³/mol. The molecule has 1 aromatic carbocycles. The van der Waals surface area contributed by atoms with Crippen LogP contribution in [0.1, 0.15) is 18.4 Å². The molecule has 2 N–H and O–H groups in total. The summed E-state index contributed by atoms with van der Waals surface area (Å²) in [6.07, 6.45) is 0. The highest BCUT2D eigenvalue weighted by Crippen LogP contribution is 2.52. The molecule has 0 amide bonds. The number of benzene rings is 1. The summed E-state index contributed by atoms with van der Waals surface area (Å²) < 4.78 is 24.0. The lowest BCUT2D eigenvalue weighted by atomic mass is 10.1. The second-order valence-electron chi connectivity index (χ2n) is 4.42. The van der Waals surface area contributed by atoms with Crippen molar-refractivity contribution in [3.05, 3.63) is 34.9 Å². The first kappa shape index (κ1) is 13.8. The van der Waals surface area contributed by atoms with Crippen molar-refractivity contribution in [1.82, 2.24) is 0 Å². The zero-order valence-electron chi connectivity index (χ0n) is 9.84. The van der Waals surface area contributed by atoms with Gasteiger partial charge in [-0.15, -0.1) is 0 Å². The van der Waals surface area contributed by atoms with Crippen molar-refractivity contribution in [3.63, 3.8) is 0 Å². The van der Waals surface area contributed by atoms with E-state index in [2.05, 4.69) is 0 Å². The number of nitrogens with two attached hydrogens (primary N) is 1. The summed E-state index contributed by atoms with van der Waals surface area (Å²) in [5.74, 6) is -0.253. The fourth-order valence-corrected chi connectivity index (χ4v) is 4.68. The van der Waals surface area contributed by atoms with Crippen LogP contribution in [-0.4, -0.2) is 24.4 Å². The van der Waals surface area contributed by atoms with E-state index in [1.807, 2.05) is 12.1 Å². The van der Waals surface area contributed by atoms with Gasteiger partial charge < -0.3 is 5.73 Å². The van der Waals surface area contributed by atoms with Crippen molar-refractivity contribution in [2.75, 3.05) is 5.75 Å². The van der Waals surface area contributed by atoms with E-state index in [-0.39, 0.29) is 22.6 Å². The van der Waals surface area contributed by atoms with Gasteiger partial charge in [-0.05, 0) is 17.7 Å². The molecular formula is C12H14ClNO2S2. The molecule has 18 heavy (non-hydrogen) atoms. The van der Waals surface area contributed by atoms with Gasteiger partial charge in [0.1, 0.15) is 0 Å². The van der Waals surface area contributed by atoms with Gasteiger partial charge >= 0.3 is 0 Å². The molecule has 3 atom stereocenters. The highest BCUT2D eigenvalue weighted by molar-refractivity contribution is 7.92. The third kappa shape index (κ3) is 2.39. The largest absolute Gasteiger partial charge is 0.393 e. The molecule has 0 unspecified atom stereocenters. The maximum Gasteiger partial charge on any atom is 0.154 e. The van der Waals surface area contributed by atoms with Gasteiger partial charge in [0.05, 0.1) is 10.2 Å². The molecule has 0 spiro atoms. The summed E-state index contributed by atoms with van der Waals surface area (Å²) in [6, 6.07) is 7.18. The zero-order valence-corrected chi connectivity index (χ0v) is 12.2. The first-order valence-electron chi connectivity index (χ1n) is 5.65. The van der Waals surface area contributed by atoms with Crippen LogP contribution in [-0.2, 0) is 9.84 Å². The standard InChI is InChI=1S/C12H14ClNO2S2/c1-2-18(15,16)11-9(10(11)12(14)17)7-3-5-8(13)6-4-7/h3-6,9-11H,2H2,1H3,(H2,14,17)/t9-,10+,11-/m0/s1. The Labute approximate surface area is 117 Å². The van der Waals surface area contributed by atoms with Crippen molar-refractivity contribution in [3.8, 4) is 0 Å². The van der Waals surface area contributed by atoms with Crippen LogP contribution in [0.2, 0.25) is 5.02 Å². The maximum absolute atomic E-state index is 12.0. The van der Waals surface area contributed by atoms with Gasteiger partial charge in [0, 0.05) is 22.6 Å². The molecule has 1 aliphatic rings. The van der Waals surface area contributed by atoms with Gasteiger partial charge in [-0.25, -0.2) is 8.42 Å². The van der Waals surface area contributed by atoms with Crippen LogP contribution in [0.3, 0.4) is 0 Å². The van der Waals surface area contributed by atoms with Crippen LogP contribution in [0.4, 0.5) is 0 Å². The summed E-state index contributed by atoms with van der Waals surface area (Å²) >= 11 is 10.8. The number of sulfone groups is 1. The van der Waals surface area contributed by atoms with E-state index in [0.29, 0.717) is 5.02 Å². The molecule has 0 aromatic heterocycles. The molecular weight excluding hydrogens is 290 g/mol. The summed E-state index contributed by atoms with van der Waals surface area (Å²) in [6.45, 7) is 1.64. The second-order valence-corrected chi connectivity index (χ2v) is 7.78. The highest BCUT2D eigenvalue weighted by atomic mass is 35.5. The van der Waals surface area contributed by atoms with Crippen molar-refractivity contribution in [2.24, 2.45) is 11.7 Å². The quantitative estimate of drug-likeness (QED) is 0.866. The summed E-state index contributed by atoms with van der Waals surface area (Å²) in [5, 5.41) is 0.155. The molecule has 1 aromatic rings. The third-order valence-corrected chi connectivity index (χ3v) is 6.10. The number of hydrogen-bond acceptors (Lipinski definition) is 3. The lowest BCUT2D eigenvalue weighted by Gasteiger charge is -2.00. The number of rotatable bonds is 4. The SMILES string of the molecule is CCS(=O)(=O)[C@@H]1[C@H](C(N)=S)[C@@H]1c1ccc(Cl)cc1. The number of halogens is 1. The maximum atomic E-state index is 12.0. The minimum atomic E-state index is -3.13. The molecule has 0 bridgehead atoms. The Balaban J connectivity index is 2.33. The van der Waals surface area contributed by atoms with Gasteiger partial charge in [0.2, 0.25) is 0 Å². The Kier molecular flexibility index (Phi) is 3.67. The van der Waals surface area contributed by atoms with Crippen LogP contribution in [0.25, 0.3) is 0 Å². The average Bonchev–Trinajstić information content (AvgIpc) is 3.06. The van der Waals surface area contributed by atoms with Crippen LogP contribution < -0.4 is 5.73 Å². The monoisotopic (exact) mass is 303 g/mol. The molecule has 98 valence electrons. The highest BCUT2D eigenvalue weighted by Gasteiger charge is 2.59. The minimum absolute atomic E-state index is 0.112. The van der Waals surface area contributed by atoms with E-state index < -0.39 is 15.1 Å². The fraction of sp³-hybridized carbons (Fsp3) is 0.417. The molecule has 1 fully saturated rings. The topological polar surface area (TPSA) is 60.2 Å². The molecule has 6 heteroatoms. The summed E-state index contributed by atoms with van der Waals surface area (Å²) in [7, 11) is -3.13. The van der Waals surface area contributed by atoms with E-state index in [9.17, 15) is 8.42 Å². The minimum Gasteiger partial charge on any atom is -0.393 e. The van der Waals surface area contributed by atoms with Gasteiger partial charge in [0.25, 0.3) is 0 Å². The van der Waals surface area contributed by atoms with Crippen LogP contribution in [0.15, 0.2) is 24.3 Å². The Morgan fingerprint density at radius 1 is 1.39 bits per heavy atom. The average molecular weight is 304 g/mol. The fourth-order valence-electron chi connectivity index (χ4n) is 2.34. The smallest absolute Gasteiger partial charge is 0.154 e. The molecule has 3 nitrogen and oxygen atoms in total. The first-order valence-corrected chi connectivity index (χ1v) is 8.15. The lowest BCUT2D eigenvalue weighted by molar-refractivity contribution is 0.594. The Bertz CT molecular complexity index is 568. The van der Waals surface area contributed by atoms with Gasteiger partial charge in [-0.1, -0.05) is 42.9 Å². The van der Waals surface area contributed by atoms with E-state index in [4.69, 9.17) is 29.6 Å². The molecule has 1 aliphatic carbocycles. The van der Waals surface area contributed by atoms with E-state index in [1.165, 1.54) is 0 Å². The summed E-state index contributed by atoms with van der Waals surface area (Å²) in [4.78, 5) is 0.275. The predicted octanol–water partition coefficient (Wildman–Crippen LogP) is 2.14. The van der Waals surface area contributed by atoms with Crippen molar-refractivity contribution >= 4 is 38.6 Å². The number of thiocarbonyl (C=S) groups is 1. The number of hydrogen-bond donors (Lipinski definition) is 1. The van der Waals surface area contributed by atoms with Crippen molar-refractivity contribution in [1.29, 1.82) is 0 Å². The zero-order chi connectivity index (χ0) is 13.5. The van der Waals surface area contributed by atoms with Gasteiger partial charge in [0.15, 0.2) is 9.84 Å². The van der Waals surface area contributed by atoms with Gasteiger partial charge in [-0.3, -0.25) is 0 Å². The molecule has 0 aliphatic heterocycles. The Hall–Kier alpha value is -0.650. The molecule has 0 heterocycles. The first-order chi connectivity index (χ1) is 8.38. The Morgan fingerprint density at radius 2 is 1.94 bits per heavy atom.